The van der Waals surface area contributed by atoms with Gasteiger partial charge in [-0.05, 0) is 19.3 Å². The first-order valence-electron chi connectivity index (χ1n) is 6.44. The predicted octanol–water partition coefficient (Wildman–Crippen LogP) is 0.949. The van der Waals surface area contributed by atoms with Gasteiger partial charge in [0, 0.05) is 12.1 Å². The zero-order valence-corrected chi connectivity index (χ0v) is 11.8. The van der Waals surface area contributed by atoms with Crippen LogP contribution in [0.4, 0.5) is 0 Å². The second-order valence-corrected chi connectivity index (χ2v) is 7.80. The molecule has 0 saturated carbocycles. The van der Waals surface area contributed by atoms with Crippen LogP contribution in [-0.2, 0) is 9.84 Å². The SMILES string of the molecule is CC(C)CCC[C@H](C)N[C@H]1CS(=O)(=O)C[C@H]1O. The lowest BCUT2D eigenvalue weighted by Crippen LogP contribution is -2.43. The highest BCUT2D eigenvalue weighted by atomic mass is 32.2. The summed E-state index contributed by atoms with van der Waals surface area (Å²) in [5.74, 6) is 0.686. The Balaban J connectivity index is 2.29. The maximum atomic E-state index is 11.3. The normalized spacial score (nSPS) is 29.7. The molecule has 1 saturated heterocycles. The Morgan fingerprint density at radius 1 is 1.24 bits per heavy atom. The van der Waals surface area contributed by atoms with Crippen LogP contribution in [0.1, 0.15) is 40.0 Å². The van der Waals surface area contributed by atoms with Crippen molar-refractivity contribution in [1.29, 1.82) is 0 Å². The summed E-state index contributed by atoms with van der Waals surface area (Å²) >= 11 is 0. The van der Waals surface area contributed by atoms with Crippen LogP contribution in [0.5, 0.6) is 0 Å². The van der Waals surface area contributed by atoms with E-state index in [2.05, 4.69) is 26.1 Å². The first kappa shape index (κ1) is 14.9. The monoisotopic (exact) mass is 263 g/mol. The molecule has 102 valence electrons. The zero-order valence-electron chi connectivity index (χ0n) is 11.0. The first-order chi connectivity index (χ1) is 7.80. The minimum atomic E-state index is -3.04. The van der Waals surface area contributed by atoms with Crippen LogP contribution in [0.15, 0.2) is 0 Å². The number of hydrogen-bond acceptors (Lipinski definition) is 4. The molecule has 1 aliphatic rings. The predicted molar refractivity (Wildman–Crippen MR) is 69.7 cm³/mol. The topological polar surface area (TPSA) is 66.4 Å². The van der Waals surface area contributed by atoms with Crippen molar-refractivity contribution in [1.82, 2.24) is 5.32 Å². The molecule has 2 N–H and O–H groups in total. The Morgan fingerprint density at radius 2 is 1.88 bits per heavy atom. The van der Waals surface area contributed by atoms with Crippen LogP contribution in [0.2, 0.25) is 0 Å². The van der Waals surface area contributed by atoms with E-state index in [4.69, 9.17) is 0 Å². The number of rotatable bonds is 6. The number of hydrogen-bond donors (Lipinski definition) is 2. The lowest BCUT2D eigenvalue weighted by molar-refractivity contribution is 0.159. The summed E-state index contributed by atoms with van der Waals surface area (Å²) in [7, 11) is -3.04. The highest BCUT2D eigenvalue weighted by molar-refractivity contribution is 7.91. The quantitative estimate of drug-likeness (QED) is 0.749. The minimum absolute atomic E-state index is 0.0721. The van der Waals surface area contributed by atoms with Gasteiger partial charge in [-0.25, -0.2) is 8.42 Å². The highest BCUT2D eigenvalue weighted by Gasteiger charge is 2.36. The summed E-state index contributed by atoms with van der Waals surface area (Å²) in [4.78, 5) is 0. The molecule has 17 heavy (non-hydrogen) atoms. The molecule has 3 atom stereocenters. The van der Waals surface area contributed by atoms with Gasteiger partial charge in [0.1, 0.15) is 0 Å². The van der Waals surface area contributed by atoms with E-state index in [9.17, 15) is 13.5 Å². The van der Waals surface area contributed by atoms with E-state index in [1.54, 1.807) is 0 Å². The van der Waals surface area contributed by atoms with Crippen LogP contribution < -0.4 is 5.32 Å². The maximum Gasteiger partial charge on any atom is 0.154 e. The van der Waals surface area contributed by atoms with Crippen molar-refractivity contribution >= 4 is 9.84 Å². The van der Waals surface area contributed by atoms with Crippen LogP contribution in [0.25, 0.3) is 0 Å². The molecule has 0 aliphatic carbocycles. The number of nitrogens with one attached hydrogen (secondary N) is 1. The smallest absolute Gasteiger partial charge is 0.154 e. The molecule has 0 aromatic rings. The van der Waals surface area contributed by atoms with E-state index in [-0.39, 0.29) is 23.6 Å². The fourth-order valence-electron chi connectivity index (χ4n) is 2.27. The van der Waals surface area contributed by atoms with E-state index in [0.29, 0.717) is 5.92 Å². The molecule has 1 rings (SSSR count). The van der Waals surface area contributed by atoms with E-state index >= 15 is 0 Å². The molecule has 0 aromatic carbocycles. The molecule has 0 amide bonds. The number of aliphatic hydroxyl groups excluding tert-OH is 1. The molecule has 1 fully saturated rings. The largest absolute Gasteiger partial charge is 0.390 e. The second-order valence-electron chi connectivity index (χ2n) is 5.64. The van der Waals surface area contributed by atoms with Gasteiger partial charge in [-0.1, -0.05) is 26.7 Å². The summed E-state index contributed by atoms with van der Waals surface area (Å²) in [6.45, 7) is 6.45. The third kappa shape index (κ3) is 5.36. The summed E-state index contributed by atoms with van der Waals surface area (Å²) in [6.07, 6.45) is 2.62. The van der Waals surface area contributed by atoms with Gasteiger partial charge in [0.15, 0.2) is 9.84 Å². The average Bonchev–Trinajstić information content (AvgIpc) is 2.38. The fraction of sp³-hybridized carbons (Fsp3) is 1.00. The van der Waals surface area contributed by atoms with Gasteiger partial charge in [0.25, 0.3) is 0 Å². The van der Waals surface area contributed by atoms with E-state index < -0.39 is 15.9 Å². The van der Waals surface area contributed by atoms with E-state index in [1.165, 1.54) is 6.42 Å². The summed E-state index contributed by atoms with van der Waals surface area (Å²) < 4.78 is 22.7. The molecular weight excluding hydrogens is 238 g/mol. The van der Waals surface area contributed by atoms with Crippen molar-refractivity contribution in [3.63, 3.8) is 0 Å². The summed E-state index contributed by atoms with van der Waals surface area (Å²) in [6, 6.07) is -0.0178. The third-order valence-corrected chi connectivity index (χ3v) is 4.96. The van der Waals surface area contributed by atoms with Gasteiger partial charge in [-0.3, -0.25) is 0 Å². The number of sulfone groups is 1. The van der Waals surface area contributed by atoms with E-state index in [0.717, 1.165) is 12.8 Å². The Morgan fingerprint density at radius 3 is 2.35 bits per heavy atom. The summed E-state index contributed by atoms with van der Waals surface area (Å²) in [5.41, 5.74) is 0. The first-order valence-corrected chi connectivity index (χ1v) is 8.27. The Labute approximate surface area is 105 Å². The summed E-state index contributed by atoms with van der Waals surface area (Å²) in [5, 5.41) is 12.9. The third-order valence-electron chi connectivity index (χ3n) is 3.24. The van der Waals surface area contributed by atoms with Crippen molar-refractivity contribution in [3.05, 3.63) is 0 Å². The van der Waals surface area contributed by atoms with Crippen LogP contribution >= 0.6 is 0 Å². The van der Waals surface area contributed by atoms with Crippen molar-refractivity contribution in [2.24, 2.45) is 5.92 Å². The molecule has 4 nitrogen and oxygen atoms in total. The minimum Gasteiger partial charge on any atom is -0.390 e. The molecule has 1 aliphatic heterocycles. The lowest BCUT2D eigenvalue weighted by atomic mass is 10.0. The van der Waals surface area contributed by atoms with Crippen molar-refractivity contribution in [3.8, 4) is 0 Å². The molecule has 0 radical (unpaired) electrons. The number of aliphatic hydroxyl groups is 1. The van der Waals surface area contributed by atoms with Crippen LogP contribution in [0, 0.1) is 5.92 Å². The van der Waals surface area contributed by atoms with Gasteiger partial charge in [-0.15, -0.1) is 0 Å². The van der Waals surface area contributed by atoms with Gasteiger partial charge in [0.2, 0.25) is 0 Å². The molecule has 0 spiro atoms. The maximum absolute atomic E-state index is 11.3. The molecule has 5 heteroatoms. The molecule has 0 aromatic heterocycles. The van der Waals surface area contributed by atoms with Gasteiger partial charge < -0.3 is 10.4 Å². The Kier molecular flexibility index (Phi) is 5.41. The van der Waals surface area contributed by atoms with Gasteiger partial charge in [0.05, 0.1) is 17.6 Å². The molecule has 0 unspecified atom stereocenters. The average molecular weight is 263 g/mol. The van der Waals surface area contributed by atoms with Crippen molar-refractivity contribution < 1.29 is 13.5 Å². The highest BCUT2D eigenvalue weighted by Crippen LogP contribution is 2.15. The van der Waals surface area contributed by atoms with Gasteiger partial charge >= 0.3 is 0 Å². The standard InChI is InChI=1S/C12H25NO3S/c1-9(2)5-4-6-10(3)13-11-7-17(15,16)8-12(11)14/h9-14H,4-8H2,1-3H3/t10-,11-,12+/m0/s1. The second kappa shape index (κ2) is 6.16. The Hall–Kier alpha value is -0.130. The fourth-order valence-corrected chi connectivity index (χ4v) is 4.02. The van der Waals surface area contributed by atoms with Crippen LogP contribution in [-0.4, -0.2) is 43.2 Å². The van der Waals surface area contributed by atoms with Crippen molar-refractivity contribution in [2.45, 2.75) is 58.2 Å². The van der Waals surface area contributed by atoms with E-state index in [1.807, 2.05) is 0 Å². The van der Waals surface area contributed by atoms with Gasteiger partial charge in [-0.2, -0.15) is 0 Å². The Bertz CT molecular complexity index is 327. The van der Waals surface area contributed by atoms with Crippen LogP contribution in [0.3, 0.4) is 0 Å². The molecule has 0 bridgehead atoms. The molecular formula is C12H25NO3S. The zero-order chi connectivity index (χ0) is 13.1. The lowest BCUT2D eigenvalue weighted by Gasteiger charge is -2.21. The molecule has 1 heterocycles. The van der Waals surface area contributed by atoms with Crippen molar-refractivity contribution in [2.75, 3.05) is 11.5 Å².